The number of fused-ring (bicyclic) bond motifs is 1. The number of carbonyl (C=O) groups excluding carboxylic acids is 1. The third-order valence-electron chi connectivity index (χ3n) is 2.89. The Morgan fingerprint density at radius 2 is 1.89 bits per heavy atom. The first-order valence-corrected chi connectivity index (χ1v) is 6.34. The average molecular weight is 242 g/mol. The molecule has 0 aliphatic rings. The number of benzene rings is 2. The van der Waals surface area contributed by atoms with Gasteiger partial charge in [0.1, 0.15) is 0 Å². The highest BCUT2D eigenvalue weighted by molar-refractivity contribution is 6.06. The van der Waals surface area contributed by atoms with Crippen molar-refractivity contribution in [1.82, 2.24) is 10.9 Å². The van der Waals surface area contributed by atoms with Crippen LogP contribution >= 0.6 is 0 Å². The molecule has 3 nitrogen and oxygen atoms in total. The van der Waals surface area contributed by atoms with Crippen molar-refractivity contribution in [3.05, 3.63) is 48.0 Å². The smallest absolute Gasteiger partial charge is 0.266 e. The molecule has 0 aliphatic carbocycles. The minimum atomic E-state index is -0.0806. The molecule has 0 bridgehead atoms. The van der Waals surface area contributed by atoms with Crippen LogP contribution < -0.4 is 10.9 Å². The molecule has 1 amide bonds. The highest BCUT2D eigenvalue weighted by atomic mass is 16.2. The molecular weight excluding hydrogens is 224 g/mol. The van der Waals surface area contributed by atoms with E-state index in [0.717, 1.165) is 30.2 Å². The van der Waals surface area contributed by atoms with E-state index < -0.39 is 0 Å². The first-order valence-electron chi connectivity index (χ1n) is 6.34. The molecule has 0 saturated heterocycles. The third-order valence-corrected chi connectivity index (χ3v) is 2.89. The van der Waals surface area contributed by atoms with Gasteiger partial charge in [0.05, 0.1) is 0 Å². The molecule has 0 spiro atoms. The van der Waals surface area contributed by atoms with E-state index >= 15 is 0 Å². The Bertz CT molecular complexity index is 532. The Balaban J connectivity index is 2.13. The van der Waals surface area contributed by atoms with Gasteiger partial charge >= 0.3 is 0 Å². The largest absolute Gasteiger partial charge is 0.287 e. The minimum absolute atomic E-state index is 0.0806. The van der Waals surface area contributed by atoms with Gasteiger partial charge in [-0.15, -0.1) is 0 Å². The molecule has 18 heavy (non-hydrogen) atoms. The Hall–Kier alpha value is -1.87. The van der Waals surface area contributed by atoms with Gasteiger partial charge in [-0.05, 0) is 23.3 Å². The molecule has 0 aliphatic heterocycles. The SMILES string of the molecule is CCCCNNC(=O)c1cccc2ccccc12. The molecule has 0 unspecified atom stereocenters. The van der Waals surface area contributed by atoms with Crippen LogP contribution in [0.15, 0.2) is 42.5 Å². The fourth-order valence-corrected chi connectivity index (χ4v) is 1.90. The Morgan fingerprint density at radius 1 is 1.11 bits per heavy atom. The van der Waals surface area contributed by atoms with Gasteiger partial charge in [0.15, 0.2) is 0 Å². The second-order valence-electron chi connectivity index (χ2n) is 4.26. The predicted octanol–water partition coefficient (Wildman–Crippen LogP) is 2.87. The summed E-state index contributed by atoms with van der Waals surface area (Å²) in [6.07, 6.45) is 2.16. The number of hydrogen-bond donors (Lipinski definition) is 2. The van der Waals surface area contributed by atoms with Crippen LogP contribution in [0.4, 0.5) is 0 Å². The van der Waals surface area contributed by atoms with Crippen LogP contribution in [-0.4, -0.2) is 12.5 Å². The predicted molar refractivity (Wildman–Crippen MR) is 74.3 cm³/mol. The number of amides is 1. The van der Waals surface area contributed by atoms with E-state index in [1.54, 1.807) is 0 Å². The van der Waals surface area contributed by atoms with Crippen LogP contribution in [0.2, 0.25) is 0 Å². The molecule has 0 fully saturated rings. The van der Waals surface area contributed by atoms with E-state index in [1.807, 2.05) is 42.5 Å². The lowest BCUT2D eigenvalue weighted by Crippen LogP contribution is -2.37. The van der Waals surface area contributed by atoms with E-state index in [0.29, 0.717) is 5.56 Å². The summed E-state index contributed by atoms with van der Waals surface area (Å²) in [4.78, 5) is 12.0. The topological polar surface area (TPSA) is 41.1 Å². The highest BCUT2D eigenvalue weighted by Gasteiger charge is 2.08. The van der Waals surface area contributed by atoms with Gasteiger partial charge in [0.2, 0.25) is 0 Å². The molecule has 0 saturated carbocycles. The van der Waals surface area contributed by atoms with Crippen LogP contribution in [0, 0.1) is 0 Å². The second kappa shape index (κ2) is 6.17. The fraction of sp³-hybridized carbons (Fsp3) is 0.267. The number of carbonyl (C=O) groups is 1. The standard InChI is InChI=1S/C15H18N2O/c1-2-3-11-16-17-15(18)14-10-6-8-12-7-4-5-9-13(12)14/h4-10,16H,2-3,11H2,1H3,(H,17,18). The van der Waals surface area contributed by atoms with Crippen molar-refractivity contribution in [1.29, 1.82) is 0 Å². The van der Waals surface area contributed by atoms with Crippen molar-refractivity contribution in [2.45, 2.75) is 19.8 Å². The number of rotatable bonds is 5. The Kier molecular flexibility index (Phi) is 4.31. The van der Waals surface area contributed by atoms with Crippen molar-refractivity contribution in [2.75, 3.05) is 6.54 Å². The summed E-state index contributed by atoms with van der Waals surface area (Å²) >= 11 is 0. The van der Waals surface area contributed by atoms with Gasteiger partial charge in [-0.25, -0.2) is 5.43 Å². The van der Waals surface area contributed by atoms with Gasteiger partial charge in [0, 0.05) is 12.1 Å². The summed E-state index contributed by atoms with van der Waals surface area (Å²) in [5.41, 5.74) is 6.39. The summed E-state index contributed by atoms with van der Waals surface area (Å²) < 4.78 is 0. The summed E-state index contributed by atoms with van der Waals surface area (Å²) in [7, 11) is 0. The second-order valence-corrected chi connectivity index (χ2v) is 4.26. The van der Waals surface area contributed by atoms with E-state index in [1.165, 1.54) is 0 Å². The maximum Gasteiger partial charge on any atom is 0.266 e. The zero-order chi connectivity index (χ0) is 12.8. The molecule has 94 valence electrons. The molecule has 2 N–H and O–H groups in total. The molecule has 0 atom stereocenters. The Morgan fingerprint density at radius 3 is 2.72 bits per heavy atom. The molecule has 2 rings (SSSR count). The number of hydrazine groups is 1. The first kappa shape index (κ1) is 12.6. The first-order chi connectivity index (χ1) is 8.83. The summed E-state index contributed by atoms with van der Waals surface area (Å²) in [6, 6.07) is 13.7. The van der Waals surface area contributed by atoms with Gasteiger partial charge in [-0.1, -0.05) is 49.7 Å². The van der Waals surface area contributed by atoms with Crippen LogP contribution in [-0.2, 0) is 0 Å². The molecule has 0 radical (unpaired) electrons. The zero-order valence-corrected chi connectivity index (χ0v) is 10.6. The van der Waals surface area contributed by atoms with Crippen molar-refractivity contribution >= 4 is 16.7 Å². The van der Waals surface area contributed by atoms with Gasteiger partial charge < -0.3 is 0 Å². The van der Waals surface area contributed by atoms with E-state index in [2.05, 4.69) is 17.8 Å². The van der Waals surface area contributed by atoms with Gasteiger partial charge in [-0.3, -0.25) is 10.2 Å². The lowest BCUT2D eigenvalue weighted by molar-refractivity contribution is 0.0935. The molecule has 3 heteroatoms. The molecule has 0 aromatic heterocycles. The van der Waals surface area contributed by atoms with Crippen molar-refractivity contribution in [3.63, 3.8) is 0 Å². The third kappa shape index (κ3) is 2.87. The van der Waals surface area contributed by atoms with E-state index in [4.69, 9.17) is 0 Å². The molecule has 2 aromatic carbocycles. The maximum absolute atomic E-state index is 12.0. The van der Waals surface area contributed by atoms with Crippen LogP contribution in [0.1, 0.15) is 30.1 Å². The van der Waals surface area contributed by atoms with Gasteiger partial charge in [-0.2, -0.15) is 0 Å². The van der Waals surface area contributed by atoms with Crippen LogP contribution in [0.25, 0.3) is 10.8 Å². The van der Waals surface area contributed by atoms with Crippen LogP contribution in [0.5, 0.6) is 0 Å². The average Bonchev–Trinajstić information content (AvgIpc) is 2.43. The van der Waals surface area contributed by atoms with E-state index in [-0.39, 0.29) is 5.91 Å². The zero-order valence-electron chi connectivity index (χ0n) is 10.6. The monoisotopic (exact) mass is 242 g/mol. The normalized spacial score (nSPS) is 10.5. The maximum atomic E-state index is 12.0. The number of nitrogens with one attached hydrogen (secondary N) is 2. The quantitative estimate of drug-likeness (QED) is 0.625. The lowest BCUT2D eigenvalue weighted by Gasteiger charge is -2.08. The minimum Gasteiger partial charge on any atom is -0.287 e. The summed E-state index contributed by atoms with van der Waals surface area (Å²) in [5, 5.41) is 2.06. The van der Waals surface area contributed by atoms with Gasteiger partial charge in [0.25, 0.3) is 5.91 Å². The summed E-state index contributed by atoms with van der Waals surface area (Å²) in [5.74, 6) is -0.0806. The molecular formula is C15H18N2O. The fourth-order valence-electron chi connectivity index (χ4n) is 1.90. The lowest BCUT2D eigenvalue weighted by atomic mass is 10.0. The van der Waals surface area contributed by atoms with Crippen molar-refractivity contribution in [2.24, 2.45) is 0 Å². The van der Waals surface area contributed by atoms with Crippen LogP contribution in [0.3, 0.4) is 0 Å². The molecule has 0 heterocycles. The summed E-state index contributed by atoms with van der Waals surface area (Å²) in [6.45, 7) is 2.92. The highest BCUT2D eigenvalue weighted by Crippen LogP contribution is 2.17. The number of unbranched alkanes of at least 4 members (excludes halogenated alkanes) is 1. The van der Waals surface area contributed by atoms with Crippen molar-refractivity contribution in [3.8, 4) is 0 Å². The molecule has 2 aromatic rings. The number of hydrogen-bond acceptors (Lipinski definition) is 2. The van der Waals surface area contributed by atoms with E-state index in [9.17, 15) is 4.79 Å². The Labute approximate surface area is 107 Å². The van der Waals surface area contributed by atoms with Crippen molar-refractivity contribution < 1.29 is 4.79 Å².